The van der Waals surface area contributed by atoms with Gasteiger partial charge in [-0.3, -0.25) is 9.59 Å². The molecule has 0 radical (unpaired) electrons. The van der Waals surface area contributed by atoms with E-state index < -0.39 is 23.8 Å². The molecule has 0 heterocycles. The summed E-state index contributed by atoms with van der Waals surface area (Å²) in [5, 5.41) is 3.07. The molecule has 0 saturated carbocycles. The van der Waals surface area contributed by atoms with E-state index in [0.29, 0.717) is 10.7 Å². The highest BCUT2D eigenvalue weighted by Gasteiger charge is 2.19. The molecule has 0 unspecified atom stereocenters. The van der Waals surface area contributed by atoms with E-state index in [4.69, 9.17) is 16.3 Å². The zero-order chi connectivity index (χ0) is 16.8. The van der Waals surface area contributed by atoms with Crippen LogP contribution in [0, 0.1) is 5.82 Å². The number of nitrogens with one attached hydrogen (secondary N) is 1. The minimum absolute atomic E-state index is 0.222. The fraction of sp³-hybridized carbons (Fsp3) is 0.176. The van der Waals surface area contributed by atoms with Crippen molar-refractivity contribution in [2.75, 3.05) is 5.32 Å². The highest BCUT2D eigenvalue weighted by atomic mass is 35.5. The Morgan fingerprint density at radius 2 is 1.96 bits per heavy atom. The number of carbonyl (C=O) groups is 2. The Kier molecular flexibility index (Phi) is 5.71. The van der Waals surface area contributed by atoms with Crippen LogP contribution in [0.1, 0.15) is 12.5 Å². The van der Waals surface area contributed by atoms with Gasteiger partial charge in [-0.15, -0.1) is 0 Å². The lowest BCUT2D eigenvalue weighted by molar-refractivity contribution is -0.152. The number of ether oxygens (including phenoxy) is 1. The smallest absolute Gasteiger partial charge is 0.311 e. The first kappa shape index (κ1) is 17.0. The van der Waals surface area contributed by atoms with E-state index in [1.54, 1.807) is 30.3 Å². The summed E-state index contributed by atoms with van der Waals surface area (Å²) in [4.78, 5) is 23.8. The molecule has 0 bridgehead atoms. The topological polar surface area (TPSA) is 55.4 Å². The zero-order valence-electron chi connectivity index (χ0n) is 12.4. The average Bonchev–Trinajstić information content (AvgIpc) is 2.49. The van der Waals surface area contributed by atoms with Crippen LogP contribution in [-0.2, 0) is 20.7 Å². The van der Waals surface area contributed by atoms with E-state index in [2.05, 4.69) is 5.32 Å². The third kappa shape index (κ3) is 5.07. The Balaban J connectivity index is 1.90. The number of hydrogen-bond acceptors (Lipinski definition) is 3. The maximum absolute atomic E-state index is 13.5. The SMILES string of the molecule is C[C@@H](OC(=O)Cc1ccccc1F)C(=O)Nc1cccc(Cl)c1. The lowest BCUT2D eigenvalue weighted by Gasteiger charge is -2.14. The molecule has 1 atom stereocenters. The van der Waals surface area contributed by atoms with Gasteiger partial charge in [-0.2, -0.15) is 0 Å². The van der Waals surface area contributed by atoms with E-state index in [1.165, 1.54) is 25.1 Å². The van der Waals surface area contributed by atoms with Gasteiger partial charge in [0.05, 0.1) is 6.42 Å². The number of hydrogen-bond donors (Lipinski definition) is 1. The summed E-state index contributed by atoms with van der Waals surface area (Å²) >= 11 is 5.83. The van der Waals surface area contributed by atoms with Crippen LogP contribution < -0.4 is 5.32 Å². The Morgan fingerprint density at radius 1 is 1.22 bits per heavy atom. The first-order valence-electron chi connectivity index (χ1n) is 6.95. The van der Waals surface area contributed by atoms with Gasteiger partial charge >= 0.3 is 5.97 Å². The van der Waals surface area contributed by atoms with Gasteiger partial charge in [-0.1, -0.05) is 35.9 Å². The number of halogens is 2. The van der Waals surface area contributed by atoms with Gasteiger partial charge < -0.3 is 10.1 Å². The number of rotatable bonds is 5. The summed E-state index contributed by atoms with van der Waals surface area (Å²) in [6.07, 6.45) is -1.24. The maximum atomic E-state index is 13.5. The standard InChI is InChI=1S/C17H15ClFNO3/c1-11(17(22)20-14-7-4-6-13(18)10-14)23-16(21)9-12-5-2-3-8-15(12)19/h2-8,10-11H,9H2,1H3,(H,20,22)/t11-/m1/s1. The van der Waals surface area contributed by atoms with Crippen LogP contribution in [0.15, 0.2) is 48.5 Å². The molecule has 120 valence electrons. The minimum Gasteiger partial charge on any atom is -0.452 e. The molecule has 2 aromatic carbocycles. The first-order valence-corrected chi connectivity index (χ1v) is 7.33. The van der Waals surface area contributed by atoms with Crippen molar-refractivity contribution in [3.8, 4) is 0 Å². The Bertz CT molecular complexity index is 720. The summed E-state index contributed by atoms with van der Waals surface area (Å²) in [6.45, 7) is 1.44. The van der Waals surface area contributed by atoms with Crippen molar-refractivity contribution in [3.05, 3.63) is 64.9 Å². The van der Waals surface area contributed by atoms with Crippen molar-refractivity contribution in [2.45, 2.75) is 19.4 Å². The molecule has 0 saturated heterocycles. The van der Waals surface area contributed by atoms with Crippen molar-refractivity contribution in [2.24, 2.45) is 0 Å². The van der Waals surface area contributed by atoms with Crippen molar-refractivity contribution in [1.82, 2.24) is 0 Å². The van der Waals surface area contributed by atoms with Crippen molar-refractivity contribution in [1.29, 1.82) is 0 Å². The van der Waals surface area contributed by atoms with E-state index in [0.717, 1.165) is 0 Å². The van der Waals surface area contributed by atoms with Gasteiger partial charge in [0.2, 0.25) is 0 Å². The second-order valence-corrected chi connectivity index (χ2v) is 5.34. The second kappa shape index (κ2) is 7.74. The highest BCUT2D eigenvalue weighted by Crippen LogP contribution is 2.15. The van der Waals surface area contributed by atoms with Gasteiger partial charge in [0.25, 0.3) is 5.91 Å². The van der Waals surface area contributed by atoms with Crippen molar-refractivity contribution >= 4 is 29.2 Å². The van der Waals surface area contributed by atoms with Crippen LogP contribution in [0.25, 0.3) is 0 Å². The van der Waals surface area contributed by atoms with Crippen LogP contribution in [-0.4, -0.2) is 18.0 Å². The number of esters is 1. The molecular formula is C17H15ClFNO3. The molecule has 0 aliphatic rings. The van der Waals surface area contributed by atoms with Gasteiger partial charge in [0.15, 0.2) is 6.10 Å². The van der Waals surface area contributed by atoms with Gasteiger partial charge in [0, 0.05) is 10.7 Å². The van der Waals surface area contributed by atoms with Gasteiger partial charge in [-0.05, 0) is 36.8 Å². The average molecular weight is 336 g/mol. The van der Waals surface area contributed by atoms with Gasteiger partial charge in [0.1, 0.15) is 5.82 Å². The molecule has 1 amide bonds. The van der Waals surface area contributed by atoms with Gasteiger partial charge in [-0.25, -0.2) is 4.39 Å². The number of carbonyl (C=O) groups excluding carboxylic acids is 2. The largest absolute Gasteiger partial charge is 0.452 e. The molecule has 0 aliphatic heterocycles. The first-order chi connectivity index (χ1) is 11.0. The van der Waals surface area contributed by atoms with Crippen LogP contribution in [0.2, 0.25) is 5.02 Å². The summed E-state index contributed by atoms with van der Waals surface area (Å²) in [6, 6.07) is 12.5. The summed E-state index contributed by atoms with van der Waals surface area (Å²) < 4.78 is 18.5. The third-order valence-electron chi connectivity index (χ3n) is 3.06. The summed E-state index contributed by atoms with van der Waals surface area (Å²) in [7, 11) is 0. The van der Waals surface area contributed by atoms with E-state index >= 15 is 0 Å². The molecular weight excluding hydrogens is 321 g/mol. The van der Waals surface area contributed by atoms with Crippen LogP contribution in [0.5, 0.6) is 0 Å². The summed E-state index contributed by atoms with van der Waals surface area (Å²) in [5.74, 6) is -1.65. The number of benzene rings is 2. The van der Waals surface area contributed by atoms with E-state index in [-0.39, 0.29) is 12.0 Å². The molecule has 0 aliphatic carbocycles. The van der Waals surface area contributed by atoms with E-state index in [1.807, 2.05) is 0 Å². The second-order valence-electron chi connectivity index (χ2n) is 4.90. The minimum atomic E-state index is -1.01. The van der Waals surface area contributed by atoms with Crippen molar-refractivity contribution in [3.63, 3.8) is 0 Å². The molecule has 1 N–H and O–H groups in total. The molecule has 0 fully saturated rings. The molecule has 2 rings (SSSR count). The normalized spacial score (nSPS) is 11.6. The Hall–Kier alpha value is -2.40. The predicted octanol–water partition coefficient (Wildman–Crippen LogP) is 3.59. The lowest BCUT2D eigenvalue weighted by Crippen LogP contribution is -2.30. The Labute approximate surface area is 138 Å². The number of anilines is 1. The fourth-order valence-electron chi connectivity index (χ4n) is 1.90. The zero-order valence-corrected chi connectivity index (χ0v) is 13.1. The quantitative estimate of drug-likeness (QED) is 0.849. The van der Waals surface area contributed by atoms with Crippen LogP contribution >= 0.6 is 11.6 Å². The molecule has 4 nitrogen and oxygen atoms in total. The van der Waals surface area contributed by atoms with E-state index in [9.17, 15) is 14.0 Å². The van der Waals surface area contributed by atoms with Crippen molar-refractivity contribution < 1.29 is 18.7 Å². The third-order valence-corrected chi connectivity index (χ3v) is 3.30. The maximum Gasteiger partial charge on any atom is 0.311 e. The molecule has 23 heavy (non-hydrogen) atoms. The molecule has 0 aromatic heterocycles. The highest BCUT2D eigenvalue weighted by molar-refractivity contribution is 6.30. The molecule has 0 spiro atoms. The predicted molar refractivity (Wildman–Crippen MR) is 85.7 cm³/mol. The summed E-state index contributed by atoms with van der Waals surface area (Å²) in [5.41, 5.74) is 0.722. The van der Waals surface area contributed by atoms with Crippen LogP contribution in [0.3, 0.4) is 0 Å². The van der Waals surface area contributed by atoms with Crippen LogP contribution in [0.4, 0.5) is 10.1 Å². The lowest BCUT2D eigenvalue weighted by atomic mass is 10.1. The number of amides is 1. The fourth-order valence-corrected chi connectivity index (χ4v) is 2.09. The molecule has 6 heteroatoms. The Morgan fingerprint density at radius 3 is 2.65 bits per heavy atom. The monoisotopic (exact) mass is 335 g/mol. The molecule has 2 aromatic rings.